The Morgan fingerprint density at radius 2 is 2.17 bits per heavy atom. The molecule has 0 saturated carbocycles. The van der Waals surface area contributed by atoms with Crippen LogP contribution < -0.4 is 10.5 Å². The third-order valence-corrected chi connectivity index (χ3v) is 4.13. The Morgan fingerprint density at radius 3 is 2.72 bits per heavy atom. The molecule has 1 aliphatic rings. The molecule has 104 valence electrons. The van der Waals surface area contributed by atoms with Crippen molar-refractivity contribution in [2.45, 2.75) is 6.04 Å². The molecule has 0 aliphatic carbocycles. The number of urea groups is 1. The van der Waals surface area contributed by atoms with Gasteiger partial charge in [-0.1, -0.05) is 0 Å². The molecule has 4 N–H and O–H groups in total. The van der Waals surface area contributed by atoms with Crippen LogP contribution in [0.15, 0.2) is 0 Å². The number of nitrogens with two attached hydrogens (primary N) is 1. The van der Waals surface area contributed by atoms with E-state index in [9.17, 15) is 18.0 Å². The van der Waals surface area contributed by atoms with E-state index >= 15 is 0 Å². The fourth-order valence-corrected chi connectivity index (χ4v) is 2.88. The maximum absolute atomic E-state index is 11.7. The Hall–Kier alpha value is -1.00. The Morgan fingerprint density at radius 1 is 1.50 bits per heavy atom. The van der Waals surface area contributed by atoms with Gasteiger partial charge in [0.15, 0.2) is 0 Å². The number of carboxylic acids is 1. The van der Waals surface area contributed by atoms with E-state index in [2.05, 4.69) is 5.32 Å². The van der Waals surface area contributed by atoms with Gasteiger partial charge in [-0.05, 0) is 0 Å². The fraction of sp³-hybridized carbons (Fsp3) is 0.750. The van der Waals surface area contributed by atoms with E-state index < -0.39 is 28.1 Å². The molecule has 0 spiro atoms. The monoisotopic (exact) mass is 297 g/mol. The van der Waals surface area contributed by atoms with Crippen LogP contribution in [0.4, 0.5) is 4.79 Å². The number of nitrogens with zero attached hydrogens (tertiary/aromatic N) is 1. The number of thioether (sulfide) groups is 1. The highest BCUT2D eigenvalue weighted by Gasteiger charge is 2.32. The van der Waals surface area contributed by atoms with Gasteiger partial charge in [-0.3, -0.25) is 0 Å². The smallest absolute Gasteiger partial charge is 0.327 e. The van der Waals surface area contributed by atoms with Gasteiger partial charge in [-0.2, -0.15) is 11.8 Å². The molecule has 0 radical (unpaired) electrons. The van der Waals surface area contributed by atoms with E-state index in [4.69, 9.17) is 10.2 Å². The van der Waals surface area contributed by atoms with Crippen LogP contribution in [0.2, 0.25) is 0 Å². The minimum Gasteiger partial charge on any atom is -0.480 e. The second-order valence-corrected chi connectivity index (χ2v) is 6.61. The minimum absolute atomic E-state index is 0.131. The van der Waals surface area contributed by atoms with Crippen molar-refractivity contribution in [1.82, 2.24) is 10.2 Å². The molecule has 0 aromatic heterocycles. The maximum atomic E-state index is 11.7. The number of primary sulfonamides is 1. The number of aliphatic carboxylic acids is 1. The van der Waals surface area contributed by atoms with Crippen LogP contribution in [0.1, 0.15) is 0 Å². The third-order valence-electron chi connectivity index (χ3n) is 2.34. The van der Waals surface area contributed by atoms with Crippen molar-refractivity contribution in [2.75, 3.05) is 30.3 Å². The zero-order valence-electron chi connectivity index (χ0n) is 9.53. The van der Waals surface area contributed by atoms with Crippen molar-refractivity contribution < 1.29 is 23.1 Å². The predicted molar refractivity (Wildman–Crippen MR) is 66.8 cm³/mol. The van der Waals surface area contributed by atoms with Crippen molar-refractivity contribution in [3.05, 3.63) is 0 Å². The van der Waals surface area contributed by atoms with Gasteiger partial charge in [0, 0.05) is 24.6 Å². The molecule has 1 heterocycles. The molecule has 1 rings (SSSR count). The summed E-state index contributed by atoms with van der Waals surface area (Å²) in [7, 11) is -3.63. The van der Waals surface area contributed by atoms with Gasteiger partial charge >= 0.3 is 12.0 Å². The highest BCUT2D eigenvalue weighted by atomic mass is 32.2. The SMILES string of the molecule is NS(=O)(=O)CCNC(=O)N1CCSCC1C(=O)O. The fourth-order valence-electron chi connectivity index (χ4n) is 1.45. The van der Waals surface area contributed by atoms with Crippen molar-refractivity contribution in [3.63, 3.8) is 0 Å². The van der Waals surface area contributed by atoms with E-state index in [0.29, 0.717) is 18.1 Å². The lowest BCUT2D eigenvalue weighted by Gasteiger charge is -2.32. The Kier molecular flexibility index (Phi) is 5.23. The molecule has 0 aromatic carbocycles. The normalized spacial score (nSPS) is 20.5. The van der Waals surface area contributed by atoms with Crippen molar-refractivity contribution >= 4 is 33.8 Å². The number of carbonyl (C=O) groups excluding carboxylic acids is 1. The van der Waals surface area contributed by atoms with E-state index in [1.54, 1.807) is 0 Å². The molecule has 2 amide bonds. The van der Waals surface area contributed by atoms with Crippen LogP contribution in [0.5, 0.6) is 0 Å². The van der Waals surface area contributed by atoms with Crippen LogP contribution in [-0.4, -0.2) is 66.8 Å². The number of hydrogen-bond donors (Lipinski definition) is 3. The molecule has 1 aliphatic heterocycles. The van der Waals surface area contributed by atoms with Gasteiger partial charge in [0.05, 0.1) is 5.75 Å². The van der Waals surface area contributed by atoms with Crippen LogP contribution >= 0.6 is 11.8 Å². The molecule has 0 bridgehead atoms. The summed E-state index contributed by atoms with van der Waals surface area (Å²) in [6.07, 6.45) is 0. The molecule has 1 atom stereocenters. The zero-order valence-corrected chi connectivity index (χ0v) is 11.2. The standard InChI is InChI=1S/C8H15N3O5S2/c9-18(15,16)4-1-10-8(14)11-2-3-17-5-6(11)7(12)13/h6H,1-5H2,(H,10,14)(H,12,13)(H2,9,15,16). The molecule has 1 fully saturated rings. The topological polar surface area (TPSA) is 130 Å². The van der Waals surface area contributed by atoms with Crippen molar-refractivity contribution in [2.24, 2.45) is 5.14 Å². The molecular formula is C8H15N3O5S2. The summed E-state index contributed by atoms with van der Waals surface area (Å²) < 4.78 is 21.4. The molecule has 18 heavy (non-hydrogen) atoms. The number of carbonyl (C=O) groups is 2. The van der Waals surface area contributed by atoms with Gasteiger partial charge in [0.1, 0.15) is 6.04 Å². The summed E-state index contributed by atoms with van der Waals surface area (Å²) in [4.78, 5) is 23.9. The predicted octanol–water partition coefficient (Wildman–Crippen LogP) is -1.51. The minimum atomic E-state index is -3.63. The highest BCUT2D eigenvalue weighted by molar-refractivity contribution is 7.99. The highest BCUT2D eigenvalue weighted by Crippen LogP contribution is 2.16. The van der Waals surface area contributed by atoms with Crippen molar-refractivity contribution in [1.29, 1.82) is 0 Å². The Balaban J connectivity index is 2.51. The first-order chi connectivity index (χ1) is 8.31. The first kappa shape index (κ1) is 15.1. The molecule has 1 saturated heterocycles. The van der Waals surface area contributed by atoms with Crippen LogP contribution in [0.3, 0.4) is 0 Å². The molecule has 0 aromatic rings. The lowest BCUT2D eigenvalue weighted by molar-refractivity contribution is -0.141. The summed E-state index contributed by atoms with van der Waals surface area (Å²) in [6.45, 7) is 0.191. The second kappa shape index (κ2) is 6.25. The largest absolute Gasteiger partial charge is 0.480 e. The van der Waals surface area contributed by atoms with Gasteiger partial charge in [0.25, 0.3) is 0 Å². The summed E-state index contributed by atoms with van der Waals surface area (Å²) in [5.41, 5.74) is 0. The molecule has 8 nitrogen and oxygen atoms in total. The lowest BCUT2D eigenvalue weighted by Crippen LogP contribution is -2.54. The maximum Gasteiger partial charge on any atom is 0.327 e. The number of hydrogen-bond acceptors (Lipinski definition) is 5. The summed E-state index contributed by atoms with van der Waals surface area (Å²) >= 11 is 1.46. The summed E-state index contributed by atoms with van der Waals surface area (Å²) in [5.74, 6) is -0.451. The van der Waals surface area contributed by atoms with E-state index in [1.165, 1.54) is 16.7 Å². The number of carboxylic acid groups (broad SMARTS) is 1. The van der Waals surface area contributed by atoms with Crippen LogP contribution in [-0.2, 0) is 14.8 Å². The summed E-state index contributed by atoms with van der Waals surface area (Å²) in [6, 6.07) is -1.45. The Labute approximate surface area is 109 Å². The van der Waals surface area contributed by atoms with Crippen LogP contribution in [0.25, 0.3) is 0 Å². The number of amides is 2. The average Bonchev–Trinajstić information content (AvgIpc) is 2.27. The molecule has 10 heteroatoms. The quantitative estimate of drug-likeness (QED) is 0.578. The second-order valence-electron chi connectivity index (χ2n) is 3.72. The third kappa shape index (κ3) is 4.70. The first-order valence-electron chi connectivity index (χ1n) is 5.17. The van der Waals surface area contributed by atoms with Gasteiger partial charge < -0.3 is 15.3 Å². The Bertz CT molecular complexity index is 424. The van der Waals surface area contributed by atoms with Crippen LogP contribution in [0, 0.1) is 0 Å². The number of nitrogens with one attached hydrogen (secondary N) is 1. The number of rotatable bonds is 4. The van der Waals surface area contributed by atoms with E-state index in [-0.39, 0.29) is 12.3 Å². The van der Waals surface area contributed by atoms with E-state index in [0.717, 1.165) is 0 Å². The van der Waals surface area contributed by atoms with Gasteiger partial charge in [0.2, 0.25) is 10.0 Å². The first-order valence-corrected chi connectivity index (χ1v) is 8.04. The number of sulfonamides is 1. The average molecular weight is 297 g/mol. The van der Waals surface area contributed by atoms with Crippen molar-refractivity contribution in [3.8, 4) is 0 Å². The molecule has 1 unspecified atom stereocenters. The zero-order chi connectivity index (χ0) is 13.8. The summed E-state index contributed by atoms with van der Waals surface area (Å²) in [5, 5.41) is 16.1. The van der Waals surface area contributed by atoms with Gasteiger partial charge in [-0.15, -0.1) is 0 Å². The van der Waals surface area contributed by atoms with Gasteiger partial charge in [-0.25, -0.2) is 23.1 Å². The lowest BCUT2D eigenvalue weighted by atomic mass is 10.3. The van der Waals surface area contributed by atoms with E-state index in [1.807, 2.05) is 0 Å². The molecular weight excluding hydrogens is 282 g/mol.